The second-order valence-corrected chi connectivity index (χ2v) is 6.03. The summed E-state index contributed by atoms with van der Waals surface area (Å²) in [4.78, 5) is 0. The van der Waals surface area contributed by atoms with Gasteiger partial charge >= 0.3 is 0 Å². The Balaban J connectivity index is 2.98. The number of benzene rings is 1. The number of sulfone groups is 1. The van der Waals surface area contributed by atoms with Crippen molar-refractivity contribution in [3.05, 3.63) is 29.8 Å². The number of hydrogen-bond donors (Lipinski definition) is 2. The molecule has 0 unspecified atom stereocenters. The first-order valence-corrected chi connectivity index (χ1v) is 6.97. The second-order valence-electron chi connectivity index (χ2n) is 3.77. The van der Waals surface area contributed by atoms with Crippen molar-refractivity contribution in [2.45, 2.75) is 11.4 Å². The Bertz CT molecular complexity index is 451. The fourth-order valence-electron chi connectivity index (χ4n) is 1.49. The monoisotopic (exact) mass is 260 g/mol. The van der Waals surface area contributed by atoms with Crippen LogP contribution in [-0.4, -0.2) is 43.9 Å². The molecule has 0 spiro atoms. The maximum atomic E-state index is 11.4. The Kier molecular flexibility index (Phi) is 4.50. The number of aliphatic hydroxyl groups is 2. The topological polar surface area (TPSA) is 83.8 Å². The van der Waals surface area contributed by atoms with E-state index >= 15 is 0 Å². The fraction of sp³-hybridized carbons (Fsp3) is 0.455. The molecule has 0 aliphatic carbocycles. The van der Waals surface area contributed by atoms with Gasteiger partial charge in [0.25, 0.3) is 0 Å². The zero-order valence-electron chi connectivity index (χ0n) is 9.70. The summed E-state index contributed by atoms with van der Waals surface area (Å²) >= 11 is 0. The van der Waals surface area contributed by atoms with Gasteiger partial charge in [-0.1, -0.05) is 12.1 Å². The maximum absolute atomic E-state index is 11.4. The van der Waals surface area contributed by atoms with Crippen molar-refractivity contribution >= 4 is 9.84 Å². The first kappa shape index (κ1) is 14.0. The van der Waals surface area contributed by atoms with Crippen molar-refractivity contribution in [1.82, 2.24) is 0 Å². The van der Waals surface area contributed by atoms with Gasteiger partial charge in [-0.25, -0.2) is 8.42 Å². The quantitative estimate of drug-likeness (QED) is 0.786. The normalized spacial score (nSPS) is 15.3. The van der Waals surface area contributed by atoms with E-state index in [4.69, 9.17) is 9.84 Å². The van der Waals surface area contributed by atoms with E-state index < -0.39 is 27.8 Å². The lowest BCUT2D eigenvalue weighted by Crippen LogP contribution is -2.31. The highest BCUT2D eigenvalue weighted by Crippen LogP contribution is 2.23. The van der Waals surface area contributed by atoms with Crippen LogP contribution in [0.5, 0.6) is 5.75 Å². The molecule has 0 aliphatic rings. The minimum Gasteiger partial charge on any atom is -0.497 e. The number of ether oxygens (including phenoxy) is 1. The largest absolute Gasteiger partial charge is 0.497 e. The summed E-state index contributed by atoms with van der Waals surface area (Å²) in [7, 11) is -2.00. The molecular weight excluding hydrogens is 244 g/mol. The van der Waals surface area contributed by atoms with Crippen molar-refractivity contribution in [3.8, 4) is 5.75 Å². The summed E-state index contributed by atoms with van der Waals surface area (Å²) in [6.45, 7) is -0.619. The molecule has 0 aromatic heterocycles. The van der Waals surface area contributed by atoms with Gasteiger partial charge in [0.15, 0.2) is 9.84 Å². The predicted molar refractivity (Wildman–Crippen MR) is 63.7 cm³/mol. The van der Waals surface area contributed by atoms with E-state index in [-0.39, 0.29) is 0 Å². The van der Waals surface area contributed by atoms with Crippen LogP contribution in [0.2, 0.25) is 0 Å². The Labute approximate surface area is 101 Å². The summed E-state index contributed by atoms with van der Waals surface area (Å²) in [6, 6.07) is 6.37. The minimum atomic E-state index is -3.51. The van der Waals surface area contributed by atoms with Gasteiger partial charge in [-0.3, -0.25) is 0 Å². The lowest BCUT2D eigenvalue weighted by Gasteiger charge is -2.19. The molecule has 5 nitrogen and oxygen atoms in total. The van der Waals surface area contributed by atoms with E-state index in [0.29, 0.717) is 11.3 Å². The van der Waals surface area contributed by atoms with Crippen molar-refractivity contribution in [3.63, 3.8) is 0 Å². The molecule has 1 rings (SSSR count). The zero-order chi connectivity index (χ0) is 13.1. The summed E-state index contributed by atoms with van der Waals surface area (Å²) in [5.41, 5.74) is 0.426. The van der Waals surface area contributed by atoms with Gasteiger partial charge < -0.3 is 14.9 Å². The molecule has 6 heteroatoms. The van der Waals surface area contributed by atoms with Gasteiger partial charge in [0, 0.05) is 6.26 Å². The molecule has 96 valence electrons. The zero-order valence-corrected chi connectivity index (χ0v) is 10.5. The lowest BCUT2D eigenvalue weighted by atomic mass is 10.1. The van der Waals surface area contributed by atoms with E-state index in [1.54, 1.807) is 24.3 Å². The standard InChI is InChI=1S/C11H16O5S/c1-16-9-5-3-8(4-6-9)11(13)10(7-12)17(2,14)15/h3-6,10-13H,7H2,1-2H3/t10-,11+/m1/s1. The van der Waals surface area contributed by atoms with Crippen molar-refractivity contribution < 1.29 is 23.4 Å². The summed E-state index contributed by atoms with van der Waals surface area (Å²) in [5.74, 6) is 0.612. The fourth-order valence-corrected chi connectivity index (χ4v) is 2.38. The van der Waals surface area contributed by atoms with Gasteiger partial charge in [0.05, 0.1) is 19.8 Å². The van der Waals surface area contributed by atoms with Gasteiger partial charge in [-0.2, -0.15) is 0 Å². The molecule has 0 radical (unpaired) electrons. The van der Waals surface area contributed by atoms with Gasteiger partial charge in [-0.15, -0.1) is 0 Å². The summed E-state index contributed by atoms with van der Waals surface area (Å²) in [6.07, 6.45) is -0.262. The van der Waals surface area contributed by atoms with Crippen LogP contribution in [0.1, 0.15) is 11.7 Å². The van der Waals surface area contributed by atoms with E-state index in [0.717, 1.165) is 6.26 Å². The van der Waals surface area contributed by atoms with E-state index in [1.165, 1.54) is 7.11 Å². The van der Waals surface area contributed by atoms with Crippen molar-refractivity contribution in [2.24, 2.45) is 0 Å². The highest BCUT2D eigenvalue weighted by atomic mass is 32.2. The number of methoxy groups -OCH3 is 1. The van der Waals surface area contributed by atoms with Crippen molar-refractivity contribution in [2.75, 3.05) is 20.0 Å². The smallest absolute Gasteiger partial charge is 0.155 e. The minimum absolute atomic E-state index is 0.426. The molecule has 1 aromatic rings. The Morgan fingerprint density at radius 2 is 1.82 bits per heavy atom. The molecular formula is C11H16O5S. The van der Waals surface area contributed by atoms with Crippen LogP contribution in [0, 0.1) is 0 Å². The van der Waals surface area contributed by atoms with Crippen LogP contribution < -0.4 is 4.74 Å². The molecule has 0 aliphatic heterocycles. The molecule has 0 bridgehead atoms. The van der Waals surface area contributed by atoms with E-state index in [9.17, 15) is 13.5 Å². The molecule has 2 atom stereocenters. The molecule has 0 amide bonds. The van der Waals surface area contributed by atoms with E-state index in [2.05, 4.69) is 0 Å². The third-order valence-electron chi connectivity index (χ3n) is 2.54. The Hall–Kier alpha value is -1.11. The van der Waals surface area contributed by atoms with Crippen LogP contribution in [0.3, 0.4) is 0 Å². The Morgan fingerprint density at radius 3 is 2.18 bits per heavy atom. The van der Waals surface area contributed by atoms with Crippen LogP contribution in [0.15, 0.2) is 24.3 Å². The first-order chi connectivity index (χ1) is 7.90. The highest BCUT2D eigenvalue weighted by Gasteiger charge is 2.29. The molecule has 0 saturated heterocycles. The molecule has 0 heterocycles. The third-order valence-corrected chi connectivity index (χ3v) is 4.05. The number of rotatable bonds is 5. The molecule has 2 N–H and O–H groups in total. The van der Waals surface area contributed by atoms with Crippen LogP contribution in [-0.2, 0) is 9.84 Å². The van der Waals surface area contributed by atoms with Gasteiger partial charge in [-0.05, 0) is 17.7 Å². The van der Waals surface area contributed by atoms with E-state index in [1.807, 2.05) is 0 Å². The maximum Gasteiger partial charge on any atom is 0.155 e. The number of hydrogen-bond acceptors (Lipinski definition) is 5. The predicted octanol–water partition coefficient (Wildman–Crippen LogP) is 0.134. The van der Waals surface area contributed by atoms with Crippen molar-refractivity contribution in [1.29, 1.82) is 0 Å². The molecule has 1 aromatic carbocycles. The highest BCUT2D eigenvalue weighted by molar-refractivity contribution is 7.91. The Morgan fingerprint density at radius 1 is 1.29 bits per heavy atom. The molecule has 17 heavy (non-hydrogen) atoms. The van der Waals surface area contributed by atoms with Crippen LogP contribution >= 0.6 is 0 Å². The average molecular weight is 260 g/mol. The summed E-state index contributed by atoms with van der Waals surface area (Å²) in [5, 5.41) is 17.7. The van der Waals surface area contributed by atoms with Gasteiger partial charge in [0.1, 0.15) is 11.0 Å². The number of aliphatic hydroxyl groups excluding tert-OH is 2. The van der Waals surface area contributed by atoms with Crippen LogP contribution in [0.4, 0.5) is 0 Å². The second kappa shape index (κ2) is 5.48. The third kappa shape index (κ3) is 3.42. The molecule has 0 saturated carbocycles. The summed E-state index contributed by atoms with van der Waals surface area (Å²) < 4.78 is 27.7. The SMILES string of the molecule is COc1ccc([C@H](O)[C@@H](CO)S(C)(=O)=O)cc1. The van der Waals surface area contributed by atoms with Crippen LogP contribution in [0.25, 0.3) is 0 Å². The lowest BCUT2D eigenvalue weighted by molar-refractivity contribution is 0.138. The first-order valence-electron chi connectivity index (χ1n) is 5.02. The molecule has 0 fully saturated rings. The average Bonchev–Trinajstić information content (AvgIpc) is 2.28. The van der Waals surface area contributed by atoms with Gasteiger partial charge in [0.2, 0.25) is 0 Å².